The maximum Gasteiger partial charge on any atom is 0.00952 e. The average molecular weight is 182 g/mol. The Bertz CT molecular complexity index is 461. The van der Waals surface area contributed by atoms with Gasteiger partial charge in [-0.2, -0.15) is 0 Å². The van der Waals surface area contributed by atoms with E-state index in [1.807, 2.05) is 0 Å². The van der Waals surface area contributed by atoms with E-state index in [0.29, 0.717) is 5.92 Å². The maximum absolute atomic E-state index is 2.30. The van der Waals surface area contributed by atoms with Crippen molar-refractivity contribution in [1.82, 2.24) is 0 Å². The van der Waals surface area contributed by atoms with Crippen LogP contribution in [0, 0.1) is 12.8 Å². The highest BCUT2D eigenvalue weighted by Gasteiger charge is 2.30. The third-order valence-electron chi connectivity index (χ3n) is 3.58. The summed E-state index contributed by atoms with van der Waals surface area (Å²) >= 11 is 0. The normalized spacial score (nSPS) is 22.9. The first kappa shape index (κ1) is 8.05. The average Bonchev–Trinajstić information content (AvgIpc) is 2.69. The molecule has 3 rings (SSSR count). The Morgan fingerprint density at radius 1 is 1.14 bits per heavy atom. The monoisotopic (exact) mass is 182 g/mol. The molecule has 0 heterocycles. The van der Waals surface area contributed by atoms with Crippen molar-refractivity contribution in [1.29, 1.82) is 0 Å². The summed E-state index contributed by atoms with van der Waals surface area (Å²) in [5, 5.41) is 0. The second-order valence-electron chi connectivity index (χ2n) is 4.39. The molecule has 14 heavy (non-hydrogen) atoms. The van der Waals surface area contributed by atoms with Gasteiger partial charge in [0.2, 0.25) is 0 Å². The fraction of sp³-hybridized carbons (Fsp3) is 0.286. The third-order valence-corrected chi connectivity index (χ3v) is 3.58. The molecule has 0 N–H and O–H groups in total. The van der Waals surface area contributed by atoms with Gasteiger partial charge in [-0.05, 0) is 42.5 Å². The molecule has 1 aromatic rings. The minimum absolute atomic E-state index is 0.686. The number of allylic oxidation sites excluding steroid dienone is 4. The Morgan fingerprint density at radius 2 is 2.00 bits per heavy atom. The lowest BCUT2D eigenvalue weighted by molar-refractivity contribution is 0.818. The van der Waals surface area contributed by atoms with Crippen molar-refractivity contribution in [3.05, 3.63) is 52.6 Å². The molecule has 0 aliphatic heterocycles. The summed E-state index contributed by atoms with van der Waals surface area (Å²) in [6, 6.07) is 6.66. The van der Waals surface area contributed by atoms with Crippen LogP contribution in [0.25, 0.3) is 5.57 Å². The highest BCUT2D eigenvalue weighted by atomic mass is 14.3. The van der Waals surface area contributed by atoms with Crippen molar-refractivity contribution in [2.75, 3.05) is 0 Å². The van der Waals surface area contributed by atoms with Crippen molar-refractivity contribution in [2.24, 2.45) is 5.92 Å². The van der Waals surface area contributed by atoms with Gasteiger partial charge in [-0.25, -0.2) is 0 Å². The fourth-order valence-electron chi connectivity index (χ4n) is 2.70. The predicted molar refractivity (Wildman–Crippen MR) is 60.1 cm³/mol. The largest absolute Gasteiger partial charge is 0.0655 e. The number of aryl methyl sites for hydroxylation is 1. The Morgan fingerprint density at radius 3 is 2.86 bits per heavy atom. The van der Waals surface area contributed by atoms with Crippen LogP contribution in [-0.2, 0) is 6.42 Å². The highest BCUT2D eigenvalue weighted by Crippen LogP contribution is 2.44. The molecule has 1 aromatic carbocycles. The quantitative estimate of drug-likeness (QED) is 0.576. The van der Waals surface area contributed by atoms with E-state index in [4.69, 9.17) is 0 Å². The minimum Gasteiger partial charge on any atom is -0.0655 e. The molecule has 0 spiro atoms. The summed E-state index contributed by atoms with van der Waals surface area (Å²) in [5.41, 5.74) is 7.57. The van der Waals surface area contributed by atoms with Crippen LogP contribution in [0.3, 0.4) is 0 Å². The fourth-order valence-corrected chi connectivity index (χ4v) is 2.70. The smallest absolute Gasteiger partial charge is 0.00952 e. The topological polar surface area (TPSA) is 0 Å². The van der Waals surface area contributed by atoms with E-state index in [2.05, 4.69) is 44.2 Å². The summed E-state index contributed by atoms with van der Waals surface area (Å²) in [6.45, 7) is 4.47. The van der Waals surface area contributed by atoms with Crippen molar-refractivity contribution in [3.63, 3.8) is 0 Å². The van der Waals surface area contributed by atoms with Crippen LogP contribution in [0.5, 0.6) is 0 Å². The summed E-state index contributed by atoms with van der Waals surface area (Å²) in [6.07, 6.45) is 5.78. The Labute approximate surface area is 85.0 Å². The Balaban J connectivity index is 2.19. The molecule has 0 saturated carbocycles. The van der Waals surface area contributed by atoms with E-state index < -0.39 is 0 Å². The molecule has 70 valence electrons. The molecule has 1 unspecified atom stereocenters. The SMILES string of the molecule is CC1=CC=C2c3cccc(C)c3CC12. The van der Waals surface area contributed by atoms with Gasteiger partial charge in [0, 0.05) is 5.92 Å². The molecular formula is C14H14. The van der Waals surface area contributed by atoms with Crippen LogP contribution in [-0.4, -0.2) is 0 Å². The van der Waals surface area contributed by atoms with E-state index in [1.54, 1.807) is 11.1 Å². The van der Waals surface area contributed by atoms with E-state index in [9.17, 15) is 0 Å². The van der Waals surface area contributed by atoms with Crippen LogP contribution in [0.15, 0.2) is 35.9 Å². The molecule has 2 aliphatic carbocycles. The van der Waals surface area contributed by atoms with Gasteiger partial charge in [0.05, 0.1) is 0 Å². The van der Waals surface area contributed by atoms with E-state index >= 15 is 0 Å². The summed E-state index contributed by atoms with van der Waals surface area (Å²) in [5.74, 6) is 0.686. The van der Waals surface area contributed by atoms with Crippen LogP contribution in [0.1, 0.15) is 23.6 Å². The van der Waals surface area contributed by atoms with Gasteiger partial charge in [-0.3, -0.25) is 0 Å². The lowest BCUT2D eigenvalue weighted by Crippen LogP contribution is -1.96. The zero-order valence-corrected chi connectivity index (χ0v) is 8.67. The van der Waals surface area contributed by atoms with Gasteiger partial charge in [-0.1, -0.05) is 35.9 Å². The first-order chi connectivity index (χ1) is 6.77. The van der Waals surface area contributed by atoms with Gasteiger partial charge < -0.3 is 0 Å². The lowest BCUT2D eigenvalue weighted by Gasteiger charge is -2.06. The number of hydrogen-bond acceptors (Lipinski definition) is 0. The molecule has 0 heteroatoms. The summed E-state index contributed by atoms with van der Waals surface area (Å²) in [4.78, 5) is 0. The molecule has 1 atom stereocenters. The number of rotatable bonds is 0. The lowest BCUT2D eigenvalue weighted by atomic mass is 9.98. The molecule has 0 amide bonds. The molecule has 2 aliphatic rings. The molecule has 0 nitrogen and oxygen atoms in total. The van der Waals surface area contributed by atoms with Crippen molar-refractivity contribution < 1.29 is 0 Å². The molecule has 0 fully saturated rings. The number of benzene rings is 1. The first-order valence-electron chi connectivity index (χ1n) is 5.24. The van der Waals surface area contributed by atoms with Crippen LogP contribution >= 0.6 is 0 Å². The van der Waals surface area contributed by atoms with Crippen LogP contribution < -0.4 is 0 Å². The zero-order chi connectivity index (χ0) is 9.71. The van der Waals surface area contributed by atoms with Crippen molar-refractivity contribution >= 4 is 5.57 Å². The minimum atomic E-state index is 0.686. The highest BCUT2D eigenvalue weighted by molar-refractivity contribution is 5.81. The van der Waals surface area contributed by atoms with E-state index in [-0.39, 0.29) is 0 Å². The van der Waals surface area contributed by atoms with Gasteiger partial charge in [0.15, 0.2) is 0 Å². The number of hydrogen-bond donors (Lipinski definition) is 0. The standard InChI is InChI=1S/C14H14/c1-9-4-3-5-11-12-7-6-10(2)14(12)8-13(9)11/h3-7,14H,8H2,1-2H3. The zero-order valence-electron chi connectivity index (χ0n) is 8.67. The van der Waals surface area contributed by atoms with Gasteiger partial charge in [-0.15, -0.1) is 0 Å². The van der Waals surface area contributed by atoms with E-state index in [1.165, 1.54) is 23.1 Å². The molecule has 0 aromatic heterocycles. The second-order valence-corrected chi connectivity index (χ2v) is 4.39. The summed E-state index contributed by atoms with van der Waals surface area (Å²) in [7, 11) is 0. The van der Waals surface area contributed by atoms with Gasteiger partial charge in [0.25, 0.3) is 0 Å². The van der Waals surface area contributed by atoms with Crippen molar-refractivity contribution in [2.45, 2.75) is 20.3 Å². The Hall–Kier alpha value is -1.30. The Kier molecular flexibility index (Phi) is 1.49. The van der Waals surface area contributed by atoms with E-state index in [0.717, 1.165) is 0 Å². The number of fused-ring (bicyclic) bond motifs is 3. The maximum atomic E-state index is 2.30. The van der Waals surface area contributed by atoms with Crippen LogP contribution in [0.2, 0.25) is 0 Å². The molecule has 0 radical (unpaired) electrons. The molecular weight excluding hydrogens is 168 g/mol. The third kappa shape index (κ3) is 0.886. The second kappa shape index (κ2) is 2.60. The summed E-state index contributed by atoms with van der Waals surface area (Å²) < 4.78 is 0. The van der Waals surface area contributed by atoms with Gasteiger partial charge in [0.1, 0.15) is 0 Å². The predicted octanol–water partition coefficient (Wildman–Crippen LogP) is 3.51. The van der Waals surface area contributed by atoms with Gasteiger partial charge >= 0.3 is 0 Å². The molecule has 0 bridgehead atoms. The van der Waals surface area contributed by atoms with Crippen LogP contribution in [0.4, 0.5) is 0 Å². The van der Waals surface area contributed by atoms with Crippen molar-refractivity contribution in [3.8, 4) is 0 Å². The molecule has 0 saturated heterocycles. The first-order valence-corrected chi connectivity index (χ1v) is 5.24.